The van der Waals surface area contributed by atoms with E-state index in [1.807, 2.05) is 56.4 Å². The quantitative estimate of drug-likeness (QED) is 0.458. The molecule has 1 nitrogen and oxygen atoms in total. The third-order valence-corrected chi connectivity index (χ3v) is 1.25. The number of hydrogen-bond acceptors (Lipinski definition) is 1. The van der Waals surface area contributed by atoms with Gasteiger partial charge in [-0.2, -0.15) is 0 Å². The maximum Gasteiger partial charge on any atom is 0.118 e. The van der Waals surface area contributed by atoms with Gasteiger partial charge in [0, 0.05) is 0 Å². The monoisotopic (exact) mass is 164 g/mol. The third-order valence-electron chi connectivity index (χ3n) is 1.25. The summed E-state index contributed by atoms with van der Waals surface area (Å²) in [5, 5.41) is 0. The van der Waals surface area contributed by atoms with Gasteiger partial charge in [-0.15, -0.1) is 0 Å². The van der Waals surface area contributed by atoms with E-state index in [1.54, 1.807) is 7.11 Å². The molecule has 0 saturated heterocycles. The van der Waals surface area contributed by atoms with E-state index in [4.69, 9.17) is 4.74 Å². The van der Waals surface area contributed by atoms with Crippen LogP contribution in [0.2, 0.25) is 0 Å². The van der Waals surface area contributed by atoms with E-state index < -0.39 is 0 Å². The minimum Gasteiger partial charge on any atom is -0.497 e. The van der Waals surface area contributed by atoms with Gasteiger partial charge in [0.2, 0.25) is 0 Å². The van der Waals surface area contributed by atoms with Gasteiger partial charge < -0.3 is 4.74 Å². The summed E-state index contributed by atoms with van der Waals surface area (Å²) in [6, 6.07) is 0. The molecule has 0 aromatic heterocycles. The van der Waals surface area contributed by atoms with Crippen molar-refractivity contribution in [1.82, 2.24) is 0 Å². The topological polar surface area (TPSA) is 9.23 Å². The van der Waals surface area contributed by atoms with Crippen molar-refractivity contribution < 1.29 is 4.74 Å². The average molecular weight is 164 g/mol. The molecule has 66 valence electrons. The molecule has 1 heteroatoms. The third kappa shape index (κ3) is 5.54. The first-order chi connectivity index (χ1) is 5.85. The number of hydrogen-bond donors (Lipinski definition) is 0. The van der Waals surface area contributed by atoms with Crippen LogP contribution in [0.25, 0.3) is 0 Å². The molecule has 0 aliphatic heterocycles. The first-order valence-corrected chi connectivity index (χ1v) is 4.01. The normalized spacial score (nSPS) is 13.8. The Morgan fingerprint density at radius 2 is 1.67 bits per heavy atom. The largest absolute Gasteiger partial charge is 0.497 e. The Morgan fingerprint density at radius 3 is 2.17 bits per heavy atom. The van der Waals surface area contributed by atoms with Gasteiger partial charge in [-0.1, -0.05) is 30.4 Å². The van der Waals surface area contributed by atoms with Crippen molar-refractivity contribution in [3.63, 3.8) is 0 Å². The van der Waals surface area contributed by atoms with Gasteiger partial charge in [0.05, 0.1) is 7.11 Å². The molecular formula is C11H16O. The van der Waals surface area contributed by atoms with E-state index in [9.17, 15) is 0 Å². The maximum absolute atomic E-state index is 5.09. The van der Waals surface area contributed by atoms with Gasteiger partial charge in [-0.3, -0.25) is 0 Å². The van der Waals surface area contributed by atoms with Crippen LogP contribution in [-0.4, -0.2) is 7.11 Å². The lowest BCUT2D eigenvalue weighted by atomic mass is 10.3. The van der Waals surface area contributed by atoms with Crippen LogP contribution in [0, 0.1) is 0 Å². The molecule has 0 amide bonds. The molecule has 0 bridgehead atoms. The van der Waals surface area contributed by atoms with Gasteiger partial charge in [0.15, 0.2) is 0 Å². The van der Waals surface area contributed by atoms with Crippen molar-refractivity contribution in [2.75, 3.05) is 7.11 Å². The lowest BCUT2D eigenvalue weighted by Gasteiger charge is -1.96. The fraction of sp³-hybridized carbons (Fsp3) is 0.273. The molecule has 0 saturated carbocycles. The molecule has 0 radical (unpaired) electrons. The summed E-state index contributed by atoms with van der Waals surface area (Å²) in [4.78, 5) is 0. The summed E-state index contributed by atoms with van der Waals surface area (Å²) in [6.07, 6.45) is 13.6. The van der Waals surface area contributed by atoms with Crippen molar-refractivity contribution in [3.8, 4) is 0 Å². The van der Waals surface area contributed by atoms with E-state index in [-0.39, 0.29) is 0 Å². The molecule has 0 fully saturated rings. The summed E-state index contributed by atoms with van der Waals surface area (Å²) in [5.74, 6) is 0.853. The zero-order valence-electron chi connectivity index (χ0n) is 7.95. The highest BCUT2D eigenvalue weighted by Gasteiger charge is 1.82. The molecule has 0 heterocycles. The van der Waals surface area contributed by atoms with Gasteiger partial charge in [-0.05, 0) is 26.0 Å². The first kappa shape index (κ1) is 10.8. The number of methoxy groups -OCH3 is 1. The minimum absolute atomic E-state index is 0.853. The Balaban J connectivity index is 4.16. The van der Waals surface area contributed by atoms with Crippen LogP contribution in [0.1, 0.15) is 13.8 Å². The summed E-state index contributed by atoms with van der Waals surface area (Å²) >= 11 is 0. The summed E-state index contributed by atoms with van der Waals surface area (Å²) < 4.78 is 5.09. The highest BCUT2D eigenvalue weighted by atomic mass is 16.5. The fourth-order valence-corrected chi connectivity index (χ4v) is 0.644. The summed E-state index contributed by atoms with van der Waals surface area (Å²) in [5.41, 5.74) is 0. The smallest absolute Gasteiger partial charge is 0.118 e. The number of rotatable bonds is 4. The Kier molecular flexibility index (Phi) is 7.05. The Hall–Kier alpha value is -1.24. The Morgan fingerprint density at radius 1 is 1.00 bits per heavy atom. The molecule has 0 aromatic rings. The zero-order chi connectivity index (χ0) is 9.23. The maximum atomic E-state index is 5.09. The second kappa shape index (κ2) is 7.86. The molecule has 0 aliphatic carbocycles. The van der Waals surface area contributed by atoms with E-state index in [2.05, 4.69) is 0 Å². The van der Waals surface area contributed by atoms with Gasteiger partial charge in [-0.25, -0.2) is 0 Å². The Bertz CT molecular complexity index is 207. The molecule has 0 aromatic carbocycles. The van der Waals surface area contributed by atoms with Crippen molar-refractivity contribution in [3.05, 3.63) is 48.3 Å². The van der Waals surface area contributed by atoms with Crippen molar-refractivity contribution >= 4 is 0 Å². The first-order valence-electron chi connectivity index (χ1n) is 4.01. The minimum atomic E-state index is 0.853. The molecule has 0 rings (SSSR count). The van der Waals surface area contributed by atoms with Gasteiger partial charge in [0.25, 0.3) is 0 Å². The predicted molar refractivity (Wildman–Crippen MR) is 53.9 cm³/mol. The zero-order valence-corrected chi connectivity index (χ0v) is 7.95. The van der Waals surface area contributed by atoms with Crippen LogP contribution in [-0.2, 0) is 4.74 Å². The van der Waals surface area contributed by atoms with E-state index in [0.717, 1.165) is 5.76 Å². The van der Waals surface area contributed by atoms with Crippen LogP contribution in [0.5, 0.6) is 0 Å². The van der Waals surface area contributed by atoms with E-state index in [0.29, 0.717) is 0 Å². The van der Waals surface area contributed by atoms with Crippen LogP contribution in [0.3, 0.4) is 0 Å². The van der Waals surface area contributed by atoms with Crippen LogP contribution >= 0.6 is 0 Å². The molecule has 0 unspecified atom stereocenters. The standard InChI is InChI=1S/C11H16O/c1-4-6-8-10-11(12-3)9-7-5-2/h4-10H,1-3H3/b6-4+,7-5+,10-8-,11-9+. The van der Waals surface area contributed by atoms with Crippen LogP contribution in [0.4, 0.5) is 0 Å². The summed E-state index contributed by atoms with van der Waals surface area (Å²) in [7, 11) is 1.66. The number of ether oxygens (including phenoxy) is 1. The van der Waals surface area contributed by atoms with Gasteiger partial charge >= 0.3 is 0 Å². The van der Waals surface area contributed by atoms with Crippen molar-refractivity contribution in [2.24, 2.45) is 0 Å². The van der Waals surface area contributed by atoms with Crippen LogP contribution in [0.15, 0.2) is 48.3 Å². The lowest BCUT2D eigenvalue weighted by Crippen LogP contribution is -1.79. The molecule has 0 N–H and O–H groups in total. The Labute approximate surface area is 74.7 Å². The average Bonchev–Trinajstić information content (AvgIpc) is 2.11. The molecule has 0 atom stereocenters. The fourth-order valence-electron chi connectivity index (χ4n) is 0.644. The van der Waals surface area contributed by atoms with E-state index in [1.165, 1.54) is 0 Å². The predicted octanol–water partition coefficient (Wildman–Crippen LogP) is 3.23. The van der Waals surface area contributed by atoms with Crippen molar-refractivity contribution in [1.29, 1.82) is 0 Å². The van der Waals surface area contributed by atoms with Crippen molar-refractivity contribution in [2.45, 2.75) is 13.8 Å². The molecule has 0 spiro atoms. The lowest BCUT2D eigenvalue weighted by molar-refractivity contribution is 0.307. The SMILES string of the molecule is C/C=C/C=C\C(=C/C=C/C)OC. The van der Waals surface area contributed by atoms with Gasteiger partial charge in [0.1, 0.15) is 5.76 Å². The second-order valence-electron chi connectivity index (χ2n) is 2.18. The van der Waals surface area contributed by atoms with E-state index >= 15 is 0 Å². The highest BCUT2D eigenvalue weighted by molar-refractivity contribution is 5.21. The van der Waals surface area contributed by atoms with Crippen LogP contribution < -0.4 is 0 Å². The second-order valence-corrected chi connectivity index (χ2v) is 2.18. The molecule has 12 heavy (non-hydrogen) atoms. The number of allylic oxidation sites excluding steroid dienone is 7. The summed E-state index contributed by atoms with van der Waals surface area (Å²) in [6.45, 7) is 3.95. The highest BCUT2D eigenvalue weighted by Crippen LogP contribution is 1.98. The molecular weight excluding hydrogens is 148 g/mol. The molecule has 0 aliphatic rings.